The summed E-state index contributed by atoms with van der Waals surface area (Å²) in [6, 6.07) is 20.8. The molecule has 5 rings (SSSR count). The van der Waals surface area contributed by atoms with E-state index in [2.05, 4.69) is 41.5 Å². The molecule has 0 radical (unpaired) electrons. The first-order valence-electron chi connectivity index (χ1n) is 9.84. The SMILES string of the molecule is CC1(C)Cc2ccc(N=Nc3c([N+](=O)[O-])ccc4ccccc34)c3cccc(c23)N1. The number of fused-ring (bicyclic) bond motifs is 1. The molecule has 0 bridgehead atoms. The number of nitrogens with zero attached hydrogens (tertiary/aromatic N) is 3. The zero-order chi connectivity index (χ0) is 20.9. The summed E-state index contributed by atoms with van der Waals surface area (Å²) >= 11 is 0. The van der Waals surface area contributed by atoms with Gasteiger partial charge in [0.25, 0.3) is 5.69 Å². The fourth-order valence-electron chi connectivity index (χ4n) is 4.29. The summed E-state index contributed by atoms with van der Waals surface area (Å²) in [4.78, 5) is 11.2. The maximum atomic E-state index is 11.6. The van der Waals surface area contributed by atoms with Gasteiger partial charge in [0, 0.05) is 33.5 Å². The van der Waals surface area contributed by atoms with Crippen molar-refractivity contribution in [1.82, 2.24) is 0 Å². The Morgan fingerprint density at radius 1 is 0.933 bits per heavy atom. The number of nitro groups is 1. The third-order valence-electron chi connectivity index (χ3n) is 5.54. The highest BCUT2D eigenvalue weighted by Crippen LogP contribution is 2.41. The quantitative estimate of drug-likeness (QED) is 0.229. The van der Waals surface area contributed by atoms with E-state index < -0.39 is 4.92 Å². The van der Waals surface area contributed by atoms with Crippen LogP contribution >= 0.6 is 0 Å². The summed E-state index contributed by atoms with van der Waals surface area (Å²) in [5.74, 6) is 0. The predicted octanol–water partition coefficient (Wildman–Crippen LogP) is 7.06. The number of anilines is 1. The van der Waals surface area contributed by atoms with Crippen molar-refractivity contribution in [2.45, 2.75) is 25.8 Å². The van der Waals surface area contributed by atoms with E-state index in [1.165, 1.54) is 11.6 Å². The van der Waals surface area contributed by atoms with Crippen LogP contribution in [0, 0.1) is 10.1 Å². The Morgan fingerprint density at radius 3 is 2.57 bits per heavy atom. The first kappa shape index (κ1) is 18.2. The molecule has 30 heavy (non-hydrogen) atoms. The summed E-state index contributed by atoms with van der Waals surface area (Å²) in [6.45, 7) is 4.37. The lowest BCUT2D eigenvalue weighted by molar-refractivity contribution is -0.384. The minimum Gasteiger partial charge on any atom is -0.379 e. The van der Waals surface area contributed by atoms with Gasteiger partial charge in [0.1, 0.15) is 0 Å². The van der Waals surface area contributed by atoms with Crippen LogP contribution < -0.4 is 5.32 Å². The van der Waals surface area contributed by atoms with Crippen LogP contribution in [0.4, 0.5) is 22.7 Å². The van der Waals surface area contributed by atoms with Gasteiger partial charge in [-0.05, 0) is 49.4 Å². The fourth-order valence-corrected chi connectivity index (χ4v) is 4.29. The fraction of sp³-hybridized carbons (Fsp3) is 0.167. The lowest BCUT2D eigenvalue weighted by Crippen LogP contribution is -2.36. The highest BCUT2D eigenvalue weighted by Gasteiger charge is 2.26. The normalized spacial score (nSPS) is 14.9. The molecule has 0 fully saturated rings. The first-order valence-corrected chi connectivity index (χ1v) is 9.84. The van der Waals surface area contributed by atoms with Crippen LogP contribution in [-0.4, -0.2) is 10.5 Å². The number of nitro benzene ring substituents is 1. The van der Waals surface area contributed by atoms with Crippen molar-refractivity contribution in [1.29, 1.82) is 0 Å². The number of hydrogen-bond acceptors (Lipinski definition) is 5. The van der Waals surface area contributed by atoms with Gasteiger partial charge in [-0.2, -0.15) is 0 Å². The molecule has 0 saturated heterocycles. The summed E-state index contributed by atoms with van der Waals surface area (Å²) in [5, 5.41) is 27.7. The summed E-state index contributed by atoms with van der Waals surface area (Å²) in [7, 11) is 0. The predicted molar refractivity (Wildman–Crippen MR) is 120 cm³/mol. The van der Waals surface area contributed by atoms with Gasteiger partial charge in [0.2, 0.25) is 0 Å². The maximum absolute atomic E-state index is 11.6. The standard InChI is InChI=1S/C24H20N4O2/c1-24(2)14-16-10-12-19(18-8-5-9-20(25-24)22(16)18)26-27-23-17-7-4-3-6-15(17)11-13-21(23)28(29)30/h3-13,25H,14H2,1-2H3. The Bertz CT molecular complexity index is 1340. The van der Waals surface area contributed by atoms with Crippen molar-refractivity contribution in [2.75, 3.05) is 5.32 Å². The van der Waals surface area contributed by atoms with Gasteiger partial charge < -0.3 is 5.32 Å². The van der Waals surface area contributed by atoms with Crippen molar-refractivity contribution in [2.24, 2.45) is 10.2 Å². The molecule has 148 valence electrons. The minimum absolute atomic E-state index is 0.0200. The monoisotopic (exact) mass is 396 g/mol. The van der Waals surface area contributed by atoms with E-state index in [9.17, 15) is 10.1 Å². The molecular weight excluding hydrogens is 376 g/mol. The number of nitrogens with one attached hydrogen (secondary N) is 1. The average Bonchev–Trinajstić information content (AvgIpc) is 2.72. The average molecular weight is 396 g/mol. The molecule has 6 heteroatoms. The Kier molecular flexibility index (Phi) is 4.03. The van der Waals surface area contributed by atoms with Crippen LogP contribution in [0.1, 0.15) is 19.4 Å². The Morgan fingerprint density at radius 2 is 1.73 bits per heavy atom. The lowest BCUT2D eigenvalue weighted by Gasteiger charge is -2.34. The Labute approximate surface area is 173 Å². The molecule has 0 spiro atoms. The molecule has 0 unspecified atom stereocenters. The molecule has 0 aromatic heterocycles. The van der Waals surface area contributed by atoms with Crippen molar-refractivity contribution in [3.8, 4) is 0 Å². The highest BCUT2D eigenvalue weighted by atomic mass is 16.6. The third-order valence-corrected chi connectivity index (χ3v) is 5.54. The van der Waals surface area contributed by atoms with E-state index in [1.807, 2.05) is 42.5 Å². The third kappa shape index (κ3) is 2.97. The number of benzene rings is 4. The van der Waals surface area contributed by atoms with Crippen molar-refractivity contribution in [3.05, 3.63) is 82.4 Å². The molecule has 0 amide bonds. The molecule has 1 heterocycles. The van der Waals surface area contributed by atoms with Crippen LogP contribution in [0.5, 0.6) is 0 Å². The number of hydrogen-bond donors (Lipinski definition) is 1. The molecular formula is C24H20N4O2. The molecule has 0 atom stereocenters. The largest absolute Gasteiger partial charge is 0.379 e. The maximum Gasteiger partial charge on any atom is 0.297 e. The second-order valence-electron chi connectivity index (χ2n) is 8.27. The summed E-state index contributed by atoms with van der Waals surface area (Å²) in [6.07, 6.45) is 0.909. The van der Waals surface area contributed by atoms with Crippen LogP contribution in [0.25, 0.3) is 21.5 Å². The van der Waals surface area contributed by atoms with Gasteiger partial charge in [-0.15, -0.1) is 10.2 Å². The second kappa shape index (κ2) is 6.62. The zero-order valence-corrected chi connectivity index (χ0v) is 16.7. The van der Waals surface area contributed by atoms with Crippen molar-refractivity contribution < 1.29 is 4.92 Å². The van der Waals surface area contributed by atoms with E-state index in [-0.39, 0.29) is 16.9 Å². The van der Waals surface area contributed by atoms with Gasteiger partial charge >= 0.3 is 0 Å². The second-order valence-corrected chi connectivity index (χ2v) is 8.27. The van der Waals surface area contributed by atoms with E-state index in [0.717, 1.165) is 28.3 Å². The number of rotatable bonds is 3. The number of azo groups is 1. The van der Waals surface area contributed by atoms with Crippen LogP contribution in [0.15, 0.2) is 77.0 Å². The van der Waals surface area contributed by atoms with Crippen molar-refractivity contribution in [3.63, 3.8) is 0 Å². The molecule has 4 aromatic rings. The molecule has 1 aliphatic heterocycles. The van der Waals surface area contributed by atoms with Gasteiger partial charge in [-0.25, -0.2) is 0 Å². The lowest BCUT2D eigenvalue weighted by atomic mass is 9.86. The van der Waals surface area contributed by atoms with E-state index in [4.69, 9.17) is 0 Å². The van der Waals surface area contributed by atoms with Crippen LogP contribution in [-0.2, 0) is 6.42 Å². The van der Waals surface area contributed by atoms with E-state index in [0.29, 0.717) is 11.1 Å². The van der Waals surface area contributed by atoms with Crippen LogP contribution in [0.2, 0.25) is 0 Å². The van der Waals surface area contributed by atoms with Gasteiger partial charge in [0.05, 0.1) is 10.6 Å². The molecule has 1 aliphatic rings. The van der Waals surface area contributed by atoms with Crippen molar-refractivity contribution >= 4 is 44.3 Å². The summed E-state index contributed by atoms with van der Waals surface area (Å²) < 4.78 is 0. The molecule has 0 saturated carbocycles. The smallest absolute Gasteiger partial charge is 0.297 e. The Hall–Kier alpha value is -3.80. The molecule has 0 aliphatic carbocycles. The molecule has 1 N–H and O–H groups in total. The first-order chi connectivity index (χ1) is 14.4. The van der Waals surface area contributed by atoms with E-state index in [1.54, 1.807) is 6.07 Å². The van der Waals surface area contributed by atoms with Gasteiger partial charge in [-0.1, -0.05) is 42.5 Å². The molecule has 6 nitrogen and oxygen atoms in total. The molecule has 4 aromatic carbocycles. The van der Waals surface area contributed by atoms with Gasteiger partial charge in [0.15, 0.2) is 5.69 Å². The topological polar surface area (TPSA) is 79.9 Å². The summed E-state index contributed by atoms with van der Waals surface area (Å²) in [5.41, 5.74) is 3.24. The van der Waals surface area contributed by atoms with Crippen LogP contribution in [0.3, 0.4) is 0 Å². The van der Waals surface area contributed by atoms with E-state index >= 15 is 0 Å². The zero-order valence-electron chi connectivity index (χ0n) is 16.7. The highest BCUT2D eigenvalue weighted by molar-refractivity contribution is 6.04. The minimum atomic E-state index is -0.412. The Balaban J connectivity index is 1.68. The van der Waals surface area contributed by atoms with Gasteiger partial charge in [-0.3, -0.25) is 10.1 Å².